The summed E-state index contributed by atoms with van der Waals surface area (Å²) in [5.41, 5.74) is 1.69. The fourth-order valence-electron chi connectivity index (χ4n) is 1.61. The monoisotopic (exact) mass is 237 g/mol. The maximum absolute atomic E-state index is 8.78. The van der Waals surface area contributed by atoms with Gasteiger partial charge in [0.2, 0.25) is 5.76 Å². The fraction of sp³-hybridized carbons (Fsp3) is 0.143. The Morgan fingerprint density at radius 2 is 1.94 bits per heavy atom. The first-order valence-electron chi connectivity index (χ1n) is 5.50. The van der Waals surface area contributed by atoms with Gasteiger partial charge in [-0.05, 0) is 29.8 Å². The van der Waals surface area contributed by atoms with Gasteiger partial charge < -0.3 is 9.73 Å². The van der Waals surface area contributed by atoms with Crippen molar-refractivity contribution >= 4 is 0 Å². The highest BCUT2D eigenvalue weighted by molar-refractivity contribution is 5.32. The largest absolute Gasteiger partial charge is 0.449 e. The zero-order valence-electron chi connectivity index (χ0n) is 9.68. The maximum atomic E-state index is 8.78. The number of hydrogen-bond acceptors (Lipinski definition) is 4. The molecule has 1 N–H and O–H groups in total. The second kappa shape index (κ2) is 5.67. The van der Waals surface area contributed by atoms with Gasteiger partial charge in [-0.1, -0.05) is 12.1 Å². The summed E-state index contributed by atoms with van der Waals surface area (Å²) in [5, 5.41) is 20.6. The van der Waals surface area contributed by atoms with E-state index in [2.05, 4.69) is 11.4 Å². The Kier molecular flexibility index (Phi) is 3.76. The van der Waals surface area contributed by atoms with Gasteiger partial charge in [0.1, 0.15) is 11.8 Å². The minimum Gasteiger partial charge on any atom is -0.449 e. The Balaban J connectivity index is 1.88. The average Bonchev–Trinajstić information content (AvgIpc) is 2.87. The molecule has 88 valence electrons. The molecule has 18 heavy (non-hydrogen) atoms. The first-order chi connectivity index (χ1) is 8.81. The standard InChI is InChI=1S/C14H11N3O/c15-7-11-2-1-3-12(6-11)9-17-10-14-5-4-13(8-16)18-14/h1-6,17H,9-10H2. The van der Waals surface area contributed by atoms with Crippen molar-refractivity contribution < 1.29 is 4.42 Å². The van der Waals surface area contributed by atoms with Gasteiger partial charge in [0.15, 0.2) is 0 Å². The lowest BCUT2D eigenvalue weighted by Crippen LogP contribution is -2.12. The highest BCUT2D eigenvalue weighted by Crippen LogP contribution is 2.07. The molecule has 0 bridgehead atoms. The van der Waals surface area contributed by atoms with E-state index < -0.39 is 0 Å². The highest BCUT2D eigenvalue weighted by atomic mass is 16.3. The third kappa shape index (κ3) is 2.98. The Morgan fingerprint density at radius 3 is 2.67 bits per heavy atom. The topological polar surface area (TPSA) is 72.8 Å². The van der Waals surface area contributed by atoms with E-state index in [1.54, 1.807) is 18.2 Å². The van der Waals surface area contributed by atoms with E-state index in [0.29, 0.717) is 24.4 Å². The van der Waals surface area contributed by atoms with Crippen LogP contribution in [0.3, 0.4) is 0 Å². The van der Waals surface area contributed by atoms with Crippen LogP contribution in [-0.2, 0) is 13.1 Å². The van der Waals surface area contributed by atoms with Crippen LogP contribution in [0.5, 0.6) is 0 Å². The molecule has 0 spiro atoms. The molecule has 2 aromatic rings. The van der Waals surface area contributed by atoms with E-state index in [-0.39, 0.29) is 0 Å². The van der Waals surface area contributed by atoms with Gasteiger partial charge in [-0.25, -0.2) is 0 Å². The number of benzene rings is 1. The lowest BCUT2D eigenvalue weighted by Gasteiger charge is -2.03. The van der Waals surface area contributed by atoms with Crippen molar-refractivity contribution in [2.75, 3.05) is 0 Å². The predicted octanol–water partition coefficient (Wildman–Crippen LogP) is 2.31. The van der Waals surface area contributed by atoms with E-state index in [1.807, 2.05) is 24.3 Å². The van der Waals surface area contributed by atoms with Gasteiger partial charge in [0.25, 0.3) is 0 Å². The molecule has 2 rings (SSSR count). The van der Waals surface area contributed by atoms with Gasteiger partial charge in [-0.2, -0.15) is 10.5 Å². The molecule has 0 radical (unpaired) electrons. The van der Waals surface area contributed by atoms with Crippen molar-refractivity contribution in [1.29, 1.82) is 10.5 Å². The van der Waals surface area contributed by atoms with E-state index in [9.17, 15) is 0 Å². The van der Waals surface area contributed by atoms with Crippen molar-refractivity contribution in [3.05, 3.63) is 59.0 Å². The summed E-state index contributed by atoms with van der Waals surface area (Å²) in [6.45, 7) is 1.20. The van der Waals surface area contributed by atoms with Crippen LogP contribution >= 0.6 is 0 Å². The number of hydrogen-bond donors (Lipinski definition) is 1. The van der Waals surface area contributed by atoms with Crippen LogP contribution < -0.4 is 5.32 Å². The third-order valence-electron chi connectivity index (χ3n) is 2.46. The normalized spacial score (nSPS) is 9.67. The Hall–Kier alpha value is -2.56. The zero-order chi connectivity index (χ0) is 12.8. The summed E-state index contributed by atoms with van der Waals surface area (Å²) in [7, 11) is 0. The van der Waals surface area contributed by atoms with Gasteiger partial charge in [0, 0.05) is 6.54 Å². The molecule has 0 aliphatic heterocycles. The molecule has 1 heterocycles. The lowest BCUT2D eigenvalue weighted by atomic mass is 10.1. The summed E-state index contributed by atoms with van der Waals surface area (Å²) in [6.07, 6.45) is 0. The van der Waals surface area contributed by atoms with Gasteiger partial charge in [0.05, 0.1) is 18.2 Å². The van der Waals surface area contributed by atoms with Gasteiger partial charge in [-0.3, -0.25) is 0 Å². The molecule has 0 saturated carbocycles. The molecule has 0 aliphatic carbocycles. The van der Waals surface area contributed by atoms with Crippen LogP contribution in [0.2, 0.25) is 0 Å². The Labute approximate surface area is 105 Å². The van der Waals surface area contributed by atoms with Crippen molar-refractivity contribution in [1.82, 2.24) is 5.32 Å². The van der Waals surface area contributed by atoms with E-state index in [0.717, 1.165) is 11.3 Å². The number of rotatable bonds is 4. The summed E-state index contributed by atoms with van der Waals surface area (Å²) < 4.78 is 5.24. The molecule has 0 amide bonds. The van der Waals surface area contributed by atoms with Crippen molar-refractivity contribution in [2.45, 2.75) is 13.1 Å². The summed E-state index contributed by atoms with van der Waals surface area (Å²) >= 11 is 0. The molecule has 1 aromatic heterocycles. The minimum absolute atomic E-state index is 0.318. The maximum Gasteiger partial charge on any atom is 0.203 e. The van der Waals surface area contributed by atoms with Crippen molar-refractivity contribution in [2.24, 2.45) is 0 Å². The summed E-state index contributed by atoms with van der Waals surface area (Å²) in [6, 6.07) is 14.9. The Morgan fingerprint density at radius 1 is 1.06 bits per heavy atom. The first kappa shape index (κ1) is 11.9. The van der Waals surface area contributed by atoms with E-state index >= 15 is 0 Å². The van der Waals surface area contributed by atoms with E-state index in [1.165, 1.54) is 0 Å². The zero-order valence-corrected chi connectivity index (χ0v) is 9.68. The molecule has 0 unspecified atom stereocenters. The van der Waals surface area contributed by atoms with Crippen LogP contribution in [0.25, 0.3) is 0 Å². The van der Waals surface area contributed by atoms with Crippen molar-refractivity contribution in [3.8, 4) is 12.1 Å². The van der Waals surface area contributed by atoms with E-state index in [4.69, 9.17) is 14.9 Å². The van der Waals surface area contributed by atoms with Crippen LogP contribution in [0, 0.1) is 22.7 Å². The van der Waals surface area contributed by atoms with Crippen LogP contribution in [0.15, 0.2) is 40.8 Å². The van der Waals surface area contributed by atoms with Gasteiger partial charge in [-0.15, -0.1) is 0 Å². The molecular formula is C14H11N3O. The SMILES string of the molecule is N#Cc1cccc(CNCc2ccc(C#N)o2)c1. The third-order valence-corrected chi connectivity index (χ3v) is 2.46. The molecular weight excluding hydrogens is 226 g/mol. The number of nitrogens with zero attached hydrogens (tertiary/aromatic N) is 2. The van der Waals surface area contributed by atoms with Crippen molar-refractivity contribution in [3.63, 3.8) is 0 Å². The average molecular weight is 237 g/mol. The highest BCUT2D eigenvalue weighted by Gasteiger charge is 2.01. The molecule has 1 aromatic carbocycles. The molecule has 0 aliphatic rings. The molecule has 0 atom stereocenters. The molecule has 0 fully saturated rings. The second-order valence-corrected chi connectivity index (χ2v) is 3.79. The smallest absolute Gasteiger partial charge is 0.203 e. The summed E-state index contributed by atoms with van der Waals surface area (Å²) in [4.78, 5) is 0. The number of furan rings is 1. The lowest BCUT2D eigenvalue weighted by molar-refractivity contribution is 0.474. The Bertz CT molecular complexity index is 616. The van der Waals surface area contributed by atoms with Crippen LogP contribution in [0.4, 0.5) is 0 Å². The van der Waals surface area contributed by atoms with Crippen LogP contribution in [0.1, 0.15) is 22.6 Å². The number of nitriles is 2. The minimum atomic E-state index is 0.318. The predicted molar refractivity (Wildman–Crippen MR) is 65.1 cm³/mol. The number of nitrogens with one attached hydrogen (secondary N) is 1. The second-order valence-electron chi connectivity index (χ2n) is 3.79. The van der Waals surface area contributed by atoms with Gasteiger partial charge >= 0.3 is 0 Å². The fourth-order valence-corrected chi connectivity index (χ4v) is 1.61. The van der Waals surface area contributed by atoms with Crippen LogP contribution in [-0.4, -0.2) is 0 Å². The molecule has 0 saturated heterocycles. The molecule has 4 nitrogen and oxygen atoms in total. The summed E-state index contributed by atoms with van der Waals surface area (Å²) in [5.74, 6) is 1.04. The quantitative estimate of drug-likeness (QED) is 0.885. The molecule has 4 heteroatoms. The first-order valence-corrected chi connectivity index (χ1v) is 5.50.